The van der Waals surface area contributed by atoms with E-state index in [0.717, 1.165) is 11.1 Å². The van der Waals surface area contributed by atoms with E-state index in [-0.39, 0.29) is 0 Å². The highest BCUT2D eigenvalue weighted by Crippen LogP contribution is 2.20. The van der Waals surface area contributed by atoms with Crippen LogP contribution < -0.4 is 10.6 Å². The minimum atomic E-state index is 0.588. The largest absolute Gasteiger partial charge is 0.339 e. The van der Waals surface area contributed by atoms with Gasteiger partial charge in [0, 0.05) is 5.69 Å². The van der Waals surface area contributed by atoms with Crippen LogP contribution in [0.15, 0.2) is 55.0 Å². The van der Waals surface area contributed by atoms with Crippen LogP contribution in [-0.2, 0) is 0 Å². The summed E-state index contributed by atoms with van der Waals surface area (Å²) in [5.41, 5.74) is 1.62. The molecule has 0 unspecified atom stereocenters. The fourth-order valence-electron chi connectivity index (χ4n) is 2.12. The van der Waals surface area contributed by atoms with E-state index in [2.05, 4.69) is 41.0 Å². The molecule has 3 aromatic heterocycles. The maximum atomic E-state index is 4.20. The van der Waals surface area contributed by atoms with Crippen molar-refractivity contribution in [1.29, 1.82) is 0 Å². The molecule has 0 radical (unpaired) electrons. The molecule has 0 fully saturated rings. The molecule has 3 N–H and O–H groups in total. The molecule has 4 aromatic rings. The first kappa shape index (κ1) is 13.1. The first-order chi connectivity index (χ1) is 11.4. The maximum absolute atomic E-state index is 4.20. The highest BCUT2D eigenvalue weighted by molar-refractivity contribution is 5.87. The number of H-pyrrole nitrogens is 1. The summed E-state index contributed by atoms with van der Waals surface area (Å²) in [6.07, 6.45) is 3.12. The lowest BCUT2D eigenvalue weighted by atomic mass is 10.3. The Morgan fingerprint density at radius 1 is 0.826 bits per heavy atom. The van der Waals surface area contributed by atoms with Crippen LogP contribution in [0.3, 0.4) is 0 Å². The third-order valence-corrected chi connectivity index (χ3v) is 3.21. The molecule has 0 aliphatic heterocycles. The minimum absolute atomic E-state index is 0.588. The van der Waals surface area contributed by atoms with Crippen molar-refractivity contribution in [3.63, 3.8) is 0 Å². The number of rotatable bonds is 4. The summed E-state index contributed by atoms with van der Waals surface area (Å²) in [6.45, 7) is 0. The molecule has 3 heterocycles. The molecule has 1 aromatic carbocycles. The van der Waals surface area contributed by atoms with Crippen LogP contribution in [0.1, 0.15) is 0 Å². The molecule has 112 valence electrons. The van der Waals surface area contributed by atoms with Crippen LogP contribution in [-0.4, -0.2) is 30.4 Å². The number of fused-ring (bicyclic) bond motifs is 1. The third kappa shape index (κ3) is 2.77. The van der Waals surface area contributed by atoms with Crippen LogP contribution >= 0.6 is 0 Å². The molecule has 0 saturated carbocycles. The Hall–Kier alpha value is -3.55. The van der Waals surface area contributed by atoms with Crippen molar-refractivity contribution in [1.82, 2.24) is 30.4 Å². The zero-order chi connectivity index (χ0) is 15.5. The number of hydrogen-bond acceptors (Lipinski definition) is 7. The number of anilines is 4. The summed E-state index contributed by atoms with van der Waals surface area (Å²) >= 11 is 0. The molecule has 8 nitrogen and oxygen atoms in total. The van der Waals surface area contributed by atoms with E-state index in [1.807, 2.05) is 42.5 Å². The van der Waals surface area contributed by atoms with Gasteiger partial charge >= 0.3 is 0 Å². The summed E-state index contributed by atoms with van der Waals surface area (Å²) in [5, 5.41) is 22.1. The van der Waals surface area contributed by atoms with Crippen molar-refractivity contribution >= 4 is 34.2 Å². The third-order valence-electron chi connectivity index (χ3n) is 3.21. The SMILES string of the molecule is c1ccc(Nc2ccc(Nc3ncnc4[nH]ncc34)nn2)cc1. The average molecular weight is 304 g/mol. The van der Waals surface area contributed by atoms with Crippen molar-refractivity contribution < 1.29 is 0 Å². The molecule has 4 rings (SSSR count). The van der Waals surface area contributed by atoms with Gasteiger partial charge in [-0.2, -0.15) is 5.10 Å². The van der Waals surface area contributed by atoms with E-state index in [0.29, 0.717) is 23.1 Å². The van der Waals surface area contributed by atoms with Crippen molar-refractivity contribution in [2.45, 2.75) is 0 Å². The van der Waals surface area contributed by atoms with Gasteiger partial charge in [-0.15, -0.1) is 10.2 Å². The van der Waals surface area contributed by atoms with Crippen LogP contribution in [0.5, 0.6) is 0 Å². The van der Waals surface area contributed by atoms with E-state index in [9.17, 15) is 0 Å². The second-order valence-electron chi connectivity index (χ2n) is 4.77. The highest BCUT2D eigenvalue weighted by Gasteiger charge is 2.06. The molecule has 23 heavy (non-hydrogen) atoms. The number of aromatic nitrogens is 6. The second-order valence-corrected chi connectivity index (χ2v) is 4.77. The van der Waals surface area contributed by atoms with E-state index >= 15 is 0 Å². The normalized spacial score (nSPS) is 10.6. The van der Waals surface area contributed by atoms with Gasteiger partial charge in [0.1, 0.15) is 12.1 Å². The molecule has 0 atom stereocenters. The molecule has 0 saturated heterocycles. The van der Waals surface area contributed by atoms with Gasteiger partial charge in [-0.3, -0.25) is 5.10 Å². The monoisotopic (exact) mass is 304 g/mol. The van der Waals surface area contributed by atoms with Gasteiger partial charge < -0.3 is 10.6 Å². The van der Waals surface area contributed by atoms with E-state index in [4.69, 9.17) is 0 Å². The van der Waals surface area contributed by atoms with Crippen molar-refractivity contribution in [3.05, 3.63) is 55.0 Å². The zero-order valence-corrected chi connectivity index (χ0v) is 11.9. The fraction of sp³-hybridized carbons (Fsp3) is 0. The summed E-state index contributed by atoms with van der Waals surface area (Å²) in [5.74, 6) is 1.88. The van der Waals surface area contributed by atoms with Gasteiger partial charge in [0.15, 0.2) is 17.3 Å². The van der Waals surface area contributed by atoms with E-state index < -0.39 is 0 Å². The zero-order valence-electron chi connectivity index (χ0n) is 11.9. The molecular formula is C15H12N8. The van der Waals surface area contributed by atoms with Gasteiger partial charge in [-0.1, -0.05) is 18.2 Å². The second kappa shape index (κ2) is 5.68. The number of para-hydroxylation sites is 1. The first-order valence-corrected chi connectivity index (χ1v) is 6.95. The number of benzene rings is 1. The lowest BCUT2D eigenvalue weighted by Gasteiger charge is -2.07. The summed E-state index contributed by atoms with van der Waals surface area (Å²) in [4.78, 5) is 8.29. The Bertz CT molecular complexity index is 917. The highest BCUT2D eigenvalue weighted by atomic mass is 15.2. The van der Waals surface area contributed by atoms with Crippen LogP contribution in [0.2, 0.25) is 0 Å². The number of nitrogens with zero attached hydrogens (tertiary/aromatic N) is 5. The van der Waals surface area contributed by atoms with Crippen LogP contribution in [0.4, 0.5) is 23.1 Å². The van der Waals surface area contributed by atoms with Gasteiger partial charge in [0.2, 0.25) is 0 Å². The lowest BCUT2D eigenvalue weighted by molar-refractivity contribution is 1.04. The van der Waals surface area contributed by atoms with Gasteiger partial charge in [-0.25, -0.2) is 9.97 Å². The predicted octanol–water partition coefficient (Wildman–Crippen LogP) is 2.63. The standard InChI is InChI=1S/C15H12N8/c1-2-4-10(5-3-1)19-12-6-7-13(22-21-12)20-14-11-8-18-23-15(11)17-9-16-14/h1-9H,(H,19,21)(H2,16,17,18,20,22,23). The van der Waals surface area contributed by atoms with E-state index in [1.165, 1.54) is 6.33 Å². The van der Waals surface area contributed by atoms with Crippen molar-refractivity contribution in [3.8, 4) is 0 Å². The molecule has 0 amide bonds. The van der Waals surface area contributed by atoms with Gasteiger partial charge in [0.25, 0.3) is 0 Å². The lowest BCUT2D eigenvalue weighted by Crippen LogP contribution is -2.00. The summed E-state index contributed by atoms with van der Waals surface area (Å²) in [6, 6.07) is 13.5. The number of hydrogen-bond donors (Lipinski definition) is 3. The van der Waals surface area contributed by atoms with Crippen molar-refractivity contribution in [2.75, 3.05) is 10.6 Å². The molecule has 0 spiro atoms. The first-order valence-electron chi connectivity index (χ1n) is 6.95. The minimum Gasteiger partial charge on any atom is -0.339 e. The fourth-order valence-corrected chi connectivity index (χ4v) is 2.12. The maximum Gasteiger partial charge on any atom is 0.160 e. The Morgan fingerprint density at radius 3 is 2.39 bits per heavy atom. The number of aromatic amines is 1. The Labute approximate surface area is 131 Å². The number of nitrogens with one attached hydrogen (secondary N) is 3. The topological polar surface area (TPSA) is 104 Å². The van der Waals surface area contributed by atoms with Gasteiger partial charge in [-0.05, 0) is 24.3 Å². The molecule has 0 bridgehead atoms. The molecule has 0 aliphatic carbocycles. The Kier molecular flexibility index (Phi) is 3.24. The smallest absolute Gasteiger partial charge is 0.160 e. The average Bonchev–Trinajstić information content (AvgIpc) is 3.07. The van der Waals surface area contributed by atoms with Crippen LogP contribution in [0, 0.1) is 0 Å². The quantitative estimate of drug-likeness (QED) is 0.532. The van der Waals surface area contributed by atoms with Crippen LogP contribution in [0.25, 0.3) is 11.0 Å². The van der Waals surface area contributed by atoms with E-state index in [1.54, 1.807) is 6.20 Å². The molecule has 8 heteroatoms. The predicted molar refractivity (Wildman–Crippen MR) is 86.7 cm³/mol. The summed E-state index contributed by atoms with van der Waals surface area (Å²) in [7, 11) is 0. The summed E-state index contributed by atoms with van der Waals surface area (Å²) < 4.78 is 0. The molecular weight excluding hydrogens is 292 g/mol. The van der Waals surface area contributed by atoms with Gasteiger partial charge in [0.05, 0.1) is 11.6 Å². The Morgan fingerprint density at radius 2 is 1.61 bits per heavy atom. The molecule has 0 aliphatic rings. The Balaban J connectivity index is 1.53. The van der Waals surface area contributed by atoms with Crippen molar-refractivity contribution in [2.24, 2.45) is 0 Å².